The predicted molar refractivity (Wildman–Crippen MR) is 116 cm³/mol. The molecule has 2 saturated carbocycles. The standard InChI is InChI=1S/C19H32N6O.HI/c1-14-23-24-17(25(14)2)13-20-18(21-15-6-7-15)22-16-8-11-26-19(12-16)9-4-3-5-10-19;/h15-16H,3-13H2,1-2H3,(H2,20,21,22);1H. The Morgan fingerprint density at radius 3 is 2.56 bits per heavy atom. The van der Waals surface area contributed by atoms with Crippen LogP contribution in [0.15, 0.2) is 4.99 Å². The first-order valence-corrected chi connectivity index (χ1v) is 10.2. The molecule has 1 aromatic heterocycles. The van der Waals surface area contributed by atoms with Gasteiger partial charge in [-0.25, -0.2) is 4.99 Å². The van der Waals surface area contributed by atoms with Gasteiger partial charge in [0.15, 0.2) is 11.8 Å². The average molecular weight is 488 g/mol. The van der Waals surface area contributed by atoms with Crippen molar-refractivity contribution in [3.63, 3.8) is 0 Å². The van der Waals surface area contributed by atoms with Crippen molar-refractivity contribution < 1.29 is 4.74 Å². The molecule has 152 valence electrons. The van der Waals surface area contributed by atoms with Crippen molar-refractivity contribution in [1.29, 1.82) is 0 Å². The van der Waals surface area contributed by atoms with E-state index in [1.165, 1.54) is 44.9 Å². The lowest BCUT2D eigenvalue weighted by Gasteiger charge is -2.44. The largest absolute Gasteiger partial charge is 0.375 e. The number of hydrogen-bond donors (Lipinski definition) is 2. The van der Waals surface area contributed by atoms with Crippen LogP contribution >= 0.6 is 24.0 Å². The monoisotopic (exact) mass is 488 g/mol. The molecule has 3 fully saturated rings. The van der Waals surface area contributed by atoms with Crippen LogP contribution in [-0.2, 0) is 18.3 Å². The maximum atomic E-state index is 6.24. The molecule has 2 aliphatic carbocycles. The highest BCUT2D eigenvalue weighted by Crippen LogP contribution is 2.38. The van der Waals surface area contributed by atoms with Crippen LogP contribution in [0.2, 0.25) is 0 Å². The first-order valence-electron chi connectivity index (χ1n) is 10.2. The Hall–Kier alpha value is -0.900. The number of ether oxygens (including phenoxy) is 1. The van der Waals surface area contributed by atoms with E-state index in [1.54, 1.807) is 0 Å². The third-order valence-corrected chi connectivity index (χ3v) is 6.08. The Bertz CT molecular complexity index is 645. The number of aliphatic imine (C=N–C) groups is 1. The molecule has 1 aliphatic heterocycles. The molecular weight excluding hydrogens is 455 g/mol. The van der Waals surface area contributed by atoms with Gasteiger partial charge in [0.25, 0.3) is 0 Å². The number of halogens is 1. The van der Waals surface area contributed by atoms with Gasteiger partial charge in [0.1, 0.15) is 12.4 Å². The van der Waals surface area contributed by atoms with Gasteiger partial charge in [0.05, 0.1) is 5.60 Å². The molecular formula is C19H33IN6O. The van der Waals surface area contributed by atoms with Gasteiger partial charge in [-0.15, -0.1) is 34.2 Å². The van der Waals surface area contributed by atoms with Crippen molar-refractivity contribution in [3.8, 4) is 0 Å². The molecule has 3 aliphatic rings. The van der Waals surface area contributed by atoms with E-state index in [1.807, 2.05) is 18.5 Å². The Kier molecular flexibility index (Phi) is 6.99. The Balaban J connectivity index is 0.00000210. The summed E-state index contributed by atoms with van der Waals surface area (Å²) >= 11 is 0. The molecule has 0 aromatic carbocycles. The van der Waals surface area contributed by atoms with Crippen LogP contribution in [0.5, 0.6) is 0 Å². The summed E-state index contributed by atoms with van der Waals surface area (Å²) in [5.74, 6) is 2.74. The Morgan fingerprint density at radius 1 is 1.15 bits per heavy atom. The Morgan fingerprint density at radius 2 is 1.89 bits per heavy atom. The number of aromatic nitrogens is 3. The topological polar surface area (TPSA) is 76.4 Å². The van der Waals surface area contributed by atoms with Crippen molar-refractivity contribution in [2.24, 2.45) is 12.0 Å². The molecule has 0 radical (unpaired) electrons. The zero-order valence-corrected chi connectivity index (χ0v) is 18.9. The number of nitrogens with zero attached hydrogens (tertiary/aromatic N) is 4. The van der Waals surface area contributed by atoms with Gasteiger partial charge in [0, 0.05) is 25.7 Å². The van der Waals surface area contributed by atoms with Crippen LogP contribution in [0, 0.1) is 6.92 Å². The molecule has 2 heterocycles. The third kappa shape index (κ3) is 5.34. The summed E-state index contributed by atoms with van der Waals surface area (Å²) < 4.78 is 8.24. The number of aryl methyl sites for hydroxylation is 1. The molecule has 0 bridgehead atoms. The molecule has 1 spiro atoms. The molecule has 27 heavy (non-hydrogen) atoms. The second kappa shape index (κ2) is 9.07. The summed E-state index contributed by atoms with van der Waals surface area (Å²) in [5, 5.41) is 15.6. The van der Waals surface area contributed by atoms with E-state index in [4.69, 9.17) is 9.73 Å². The van der Waals surface area contributed by atoms with Crippen LogP contribution < -0.4 is 10.6 Å². The van der Waals surface area contributed by atoms with Crippen molar-refractivity contribution in [2.45, 2.75) is 88.9 Å². The summed E-state index contributed by atoms with van der Waals surface area (Å²) in [4.78, 5) is 4.81. The van der Waals surface area contributed by atoms with E-state index in [0.717, 1.165) is 37.1 Å². The summed E-state index contributed by atoms with van der Waals surface area (Å²) in [6.45, 7) is 3.37. The fourth-order valence-electron chi connectivity index (χ4n) is 4.18. The lowest BCUT2D eigenvalue weighted by Crippen LogP contribution is -2.52. The molecule has 1 unspecified atom stereocenters. The molecule has 4 rings (SSSR count). The second-order valence-electron chi connectivity index (χ2n) is 8.23. The fourth-order valence-corrected chi connectivity index (χ4v) is 4.18. The third-order valence-electron chi connectivity index (χ3n) is 6.08. The van der Waals surface area contributed by atoms with Crippen molar-refractivity contribution in [2.75, 3.05) is 6.61 Å². The molecule has 1 atom stereocenters. The van der Waals surface area contributed by atoms with Crippen molar-refractivity contribution >= 4 is 29.9 Å². The summed E-state index contributed by atoms with van der Waals surface area (Å²) in [5.41, 5.74) is 0.111. The predicted octanol–water partition coefficient (Wildman–Crippen LogP) is 2.82. The van der Waals surface area contributed by atoms with Crippen LogP contribution in [-0.4, -0.2) is 45.0 Å². The minimum atomic E-state index is 0. The molecule has 2 N–H and O–H groups in total. The summed E-state index contributed by atoms with van der Waals surface area (Å²) in [7, 11) is 1.99. The maximum Gasteiger partial charge on any atom is 0.192 e. The lowest BCUT2D eigenvalue weighted by molar-refractivity contribution is -0.107. The fraction of sp³-hybridized carbons (Fsp3) is 0.842. The number of nitrogens with one attached hydrogen (secondary N) is 2. The van der Waals surface area contributed by atoms with Crippen LogP contribution in [0.4, 0.5) is 0 Å². The van der Waals surface area contributed by atoms with Crippen molar-refractivity contribution in [1.82, 2.24) is 25.4 Å². The van der Waals surface area contributed by atoms with E-state index in [0.29, 0.717) is 18.6 Å². The number of guanidine groups is 1. The number of hydrogen-bond acceptors (Lipinski definition) is 4. The highest BCUT2D eigenvalue weighted by atomic mass is 127. The molecule has 8 heteroatoms. The normalized spacial score (nSPS) is 25.1. The van der Waals surface area contributed by atoms with Gasteiger partial charge < -0.3 is 19.9 Å². The number of rotatable bonds is 4. The maximum absolute atomic E-state index is 6.24. The van der Waals surface area contributed by atoms with E-state index in [-0.39, 0.29) is 29.6 Å². The van der Waals surface area contributed by atoms with E-state index in [2.05, 4.69) is 20.8 Å². The average Bonchev–Trinajstić information content (AvgIpc) is 3.40. The van der Waals surface area contributed by atoms with Gasteiger partial charge in [0.2, 0.25) is 0 Å². The van der Waals surface area contributed by atoms with Crippen LogP contribution in [0.1, 0.15) is 69.4 Å². The van der Waals surface area contributed by atoms with E-state index < -0.39 is 0 Å². The molecule has 1 aromatic rings. The highest BCUT2D eigenvalue weighted by Gasteiger charge is 2.39. The second-order valence-corrected chi connectivity index (χ2v) is 8.23. The van der Waals surface area contributed by atoms with Gasteiger partial charge >= 0.3 is 0 Å². The smallest absolute Gasteiger partial charge is 0.192 e. The van der Waals surface area contributed by atoms with E-state index in [9.17, 15) is 0 Å². The van der Waals surface area contributed by atoms with E-state index >= 15 is 0 Å². The minimum absolute atomic E-state index is 0. The summed E-state index contributed by atoms with van der Waals surface area (Å²) in [6, 6.07) is 1.01. The van der Waals surface area contributed by atoms with Gasteiger partial charge in [-0.2, -0.15) is 0 Å². The molecule has 0 amide bonds. The van der Waals surface area contributed by atoms with Crippen LogP contribution in [0.25, 0.3) is 0 Å². The van der Waals surface area contributed by atoms with Gasteiger partial charge in [-0.05, 0) is 45.4 Å². The zero-order chi connectivity index (χ0) is 18.0. The SMILES string of the molecule is Cc1nnc(CN=C(NC2CC2)NC2CCOC3(CCCCC3)C2)n1C.I. The van der Waals surface area contributed by atoms with Crippen LogP contribution in [0.3, 0.4) is 0 Å². The lowest BCUT2D eigenvalue weighted by atomic mass is 9.78. The summed E-state index contributed by atoms with van der Waals surface area (Å²) in [6.07, 6.45) is 11.0. The zero-order valence-electron chi connectivity index (χ0n) is 16.5. The minimum Gasteiger partial charge on any atom is -0.375 e. The van der Waals surface area contributed by atoms with Gasteiger partial charge in [-0.1, -0.05) is 19.3 Å². The molecule has 7 nitrogen and oxygen atoms in total. The molecule has 1 saturated heterocycles. The highest BCUT2D eigenvalue weighted by molar-refractivity contribution is 14.0. The quantitative estimate of drug-likeness (QED) is 0.388. The Labute approximate surface area is 179 Å². The first kappa shape index (κ1) is 20.8. The first-order chi connectivity index (χ1) is 12.6. The van der Waals surface area contributed by atoms with Crippen molar-refractivity contribution in [3.05, 3.63) is 11.6 Å². The van der Waals surface area contributed by atoms with Gasteiger partial charge in [-0.3, -0.25) is 0 Å².